The molecule has 0 atom stereocenters. The van der Waals surface area contributed by atoms with Crippen molar-refractivity contribution < 1.29 is 0 Å². The van der Waals surface area contributed by atoms with Gasteiger partial charge in [-0.25, -0.2) is 15.8 Å². The van der Waals surface area contributed by atoms with Gasteiger partial charge in [-0.05, 0) is 25.5 Å². The smallest absolute Gasteiger partial charge is 0.148 e. The summed E-state index contributed by atoms with van der Waals surface area (Å²) >= 11 is 1.96. The van der Waals surface area contributed by atoms with Crippen molar-refractivity contribution in [2.75, 3.05) is 23.5 Å². The molecule has 0 aromatic carbocycles. The molecule has 0 saturated heterocycles. The Kier molecular flexibility index (Phi) is 4.29. The lowest BCUT2D eigenvalue weighted by Gasteiger charge is -2.40. The third kappa shape index (κ3) is 2.54. The number of nitrogens with two attached hydrogens (primary N) is 1. The molecule has 4 N–H and O–H groups in total. The van der Waals surface area contributed by atoms with Crippen LogP contribution in [0.4, 0.5) is 11.6 Å². The van der Waals surface area contributed by atoms with E-state index in [2.05, 4.69) is 33.9 Å². The quantitative estimate of drug-likeness (QED) is 0.541. The Bertz CT molecular complexity index is 400. The topological polar surface area (TPSA) is 75.9 Å². The van der Waals surface area contributed by atoms with E-state index in [0.717, 1.165) is 24.3 Å². The van der Waals surface area contributed by atoms with E-state index in [1.54, 1.807) is 6.33 Å². The van der Waals surface area contributed by atoms with E-state index in [0.29, 0.717) is 10.6 Å². The second-order valence-electron chi connectivity index (χ2n) is 4.64. The SMILES string of the molecule is CCc1c(NN)ncnc1NCC1(SC)CCC1. The Balaban J connectivity index is 2.09. The lowest BCUT2D eigenvalue weighted by molar-refractivity contribution is 0.379. The van der Waals surface area contributed by atoms with E-state index >= 15 is 0 Å². The van der Waals surface area contributed by atoms with Crippen molar-refractivity contribution in [3.8, 4) is 0 Å². The van der Waals surface area contributed by atoms with Gasteiger partial charge in [-0.15, -0.1) is 0 Å². The van der Waals surface area contributed by atoms with E-state index in [9.17, 15) is 0 Å². The van der Waals surface area contributed by atoms with Crippen LogP contribution in [-0.4, -0.2) is 27.5 Å². The van der Waals surface area contributed by atoms with Crippen LogP contribution in [0.15, 0.2) is 6.33 Å². The highest BCUT2D eigenvalue weighted by molar-refractivity contribution is 8.00. The molecule has 2 rings (SSSR count). The number of rotatable bonds is 6. The third-order valence-electron chi connectivity index (χ3n) is 3.71. The van der Waals surface area contributed by atoms with Crippen LogP contribution in [0.3, 0.4) is 0 Å². The van der Waals surface area contributed by atoms with Crippen LogP contribution in [0.25, 0.3) is 0 Å². The molecular formula is C12H21N5S. The standard InChI is InChI=1S/C12H21N5S/c1-3-9-10(15-8-16-11(9)17-13)14-7-12(18-2)5-4-6-12/h8H,3-7,13H2,1-2H3,(H2,14,15,16,17). The fraction of sp³-hybridized carbons (Fsp3) is 0.667. The summed E-state index contributed by atoms with van der Waals surface area (Å²) in [4.78, 5) is 8.46. The highest BCUT2D eigenvalue weighted by Gasteiger charge is 2.36. The number of aromatic nitrogens is 2. The molecule has 0 spiro atoms. The van der Waals surface area contributed by atoms with E-state index in [4.69, 9.17) is 5.84 Å². The molecule has 0 radical (unpaired) electrons. The lowest BCUT2D eigenvalue weighted by atomic mass is 9.84. The average molecular weight is 267 g/mol. The van der Waals surface area contributed by atoms with Crippen LogP contribution in [0.1, 0.15) is 31.7 Å². The predicted octanol–water partition coefficient (Wildman–Crippen LogP) is 2.02. The maximum absolute atomic E-state index is 5.47. The number of hydrazine groups is 1. The molecule has 1 aliphatic carbocycles. The summed E-state index contributed by atoms with van der Waals surface area (Å²) < 4.78 is 0.395. The van der Waals surface area contributed by atoms with Crippen molar-refractivity contribution in [1.82, 2.24) is 9.97 Å². The summed E-state index contributed by atoms with van der Waals surface area (Å²) in [5.74, 6) is 7.08. The first-order valence-electron chi connectivity index (χ1n) is 6.34. The maximum Gasteiger partial charge on any atom is 0.148 e. The number of anilines is 2. The first-order valence-corrected chi connectivity index (χ1v) is 7.56. The van der Waals surface area contributed by atoms with Crippen LogP contribution in [-0.2, 0) is 6.42 Å². The van der Waals surface area contributed by atoms with Gasteiger partial charge in [0.1, 0.15) is 18.0 Å². The van der Waals surface area contributed by atoms with E-state index in [1.165, 1.54) is 19.3 Å². The van der Waals surface area contributed by atoms with Gasteiger partial charge in [0.2, 0.25) is 0 Å². The molecule has 0 unspecified atom stereocenters. The van der Waals surface area contributed by atoms with E-state index < -0.39 is 0 Å². The van der Waals surface area contributed by atoms with E-state index in [1.807, 2.05) is 11.8 Å². The summed E-state index contributed by atoms with van der Waals surface area (Å²) in [5.41, 5.74) is 3.68. The summed E-state index contributed by atoms with van der Waals surface area (Å²) in [6.45, 7) is 3.04. The Labute approximate surface area is 112 Å². The second kappa shape index (κ2) is 5.75. The highest BCUT2D eigenvalue weighted by Crippen LogP contribution is 2.42. The zero-order valence-electron chi connectivity index (χ0n) is 11.0. The fourth-order valence-corrected chi connectivity index (χ4v) is 3.21. The molecule has 0 bridgehead atoms. The second-order valence-corrected chi connectivity index (χ2v) is 5.92. The first kappa shape index (κ1) is 13.4. The molecule has 5 nitrogen and oxygen atoms in total. The minimum Gasteiger partial charge on any atom is -0.368 e. The van der Waals surface area contributed by atoms with Gasteiger partial charge in [0, 0.05) is 16.9 Å². The van der Waals surface area contributed by atoms with Crippen LogP contribution < -0.4 is 16.6 Å². The first-order chi connectivity index (χ1) is 8.74. The van der Waals surface area contributed by atoms with Crippen molar-refractivity contribution in [1.29, 1.82) is 0 Å². The largest absolute Gasteiger partial charge is 0.368 e. The number of nitrogens with zero attached hydrogens (tertiary/aromatic N) is 2. The molecule has 1 aromatic heterocycles. The zero-order chi connectivity index (χ0) is 13.0. The minimum absolute atomic E-state index is 0.395. The average Bonchev–Trinajstić information content (AvgIpc) is 2.37. The molecule has 1 heterocycles. The summed E-state index contributed by atoms with van der Waals surface area (Å²) in [7, 11) is 0. The molecule has 18 heavy (non-hydrogen) atoms. The van der Waals surface area contributed by atoms with Crippen LogP contribution in [0.2, 0.25) is 0 Å². The molecule has 100 valence electrons. The number of nitrogens with one attached hydrogen (secondary N) is 2. The number of thioether (sulfide) groups is 1. The van der Waals surface area contributed by atoms with Gasteiger partial charge in [-0.2, -0.15) is 11.8 Å². The summed E-state index contributed by atoms with van der Waals surface area (Å²) in [6.07, 6.45) is 8.50. The van der Waals surface area contributed by atoms with Crippen LogP contribution >= 0.6 is 11.8 Å². The van der Waals surface area contributed by atoms with Crippen LogP contribution in [0, 0.1) is 0 Å². The Morgan fingerprint density at radius 1 is 1.39 bits per heavy atom. The number of hydrogen-bond donors (Lipinski definition) is 3. The van der Waals surface area contributed by atoms with E-state index in [-0.39, 0.29) is 0 Å². The summed E-state index contributed by atoms with van der Waals surface area (Å²) in [6, 6.07) is 0. The van der Waals surface area contributed by atoms with Crippen molar-refractivity contribution in [2.24, 2.45) is 5.84 Å². The molecule has 0 amide bonds. The maximum atomic E-state index is 5.47. The highest BCUT2D eigenvalue weighted by atomic mass is 32.2. The molecule has 1 fully saturated rings. The van der Waals surface area contributed by atoms with Crippen molar-refractivity contribution in [3.05, 3.63) is 11.9 Å². The van der Waals surface area contributed by atoms with Crippen LogP contribution in [0.5, 0.6) is 0 Å². The molecule has 0 aliphatic heterocycles. The third-order valence-corrected chi connectivity index (χ3v) is 5.13. The fourth-order valence-electron chi connectivity index (χ4n) is 2.29. The lowest BCUT2D eigenvalue weighted by Crippen LogP contribution is -2.40. The summed E-state index contributed by atoms with van der Waals surface area (Å²) in [5, 5.41) is 3.47. The molecule has 1 saturated carbocycles. The zero-order valence-corrected chi connectivity index (χ0v) is 11.8. The number of nitrogen functional groups attached to an aromatic ring is 1. The Hall–Kier alpha value is -1.01. The molecule has 1 aliphatic rings. The molecule has 6 heteroatoms. The van der Waals surface area contributed by atoms with Gasteiger partial charge in [0.25, 0.3) is 0 Å². The predicted molar refractivity (Wildman–Crippen MR) is 77.8 cm³/mol. The normalized spacial score (nSPS) is 17.1. The van der Waals surface area contributed by atoms with Crippen molar-refractivity contribution in [3.63, 3.8) is 0 Å². The number of hydrogen-bond acceptors (Lipinski definition) is 6. The van der Waals surface area contributed by atoms with Gasteiger partial charge >= 0.3 is 0 Å². The van der Waals surface area contributed by atoms with Gasteiger partial charge in [-0.3, -0.25) is 0 Å². The Morgan fingerprint density at radius 3 is 2.61 bits per heavy atom. The van der Waals surface area contributed by atoms with Gasteiger partial charge < -0.3 is 10.7 Å². The minimum atomic E-state index is 0.395. The van der Waals surface area contributed by atoms with Crippen molar-refractivity contribution in [2.45, 2.75) is 37.4 Å². The van der Waals surface area contributed by atoms with Gasteiger partial charge in [0.15, 0.2) is 0 Å². The van der Waals surface area contributed by atoms with Gasteiger partial charge in [0.05, 0.1) is 0 Å². The monoisotopic (exact) mass is 267 g/mol. The van der Waals surface area contributed by atoms with Gasteiger partial charge in [-0.1, -0.05) is 13.3 Å². The molecular weight excluding hydrogens is 246 g/mol. The van der Waals surface area contributed by atoms with Crippen molar-refractivity contribution >= 4 is 23.4 Å². The Morgan fingerprint density at radius 2 is 2.11 bits per heavy atom. The molecule has 1 aromatic rings.